The Morgan fingerprint density at radius 1 is 1.44 bits per heavy atom. The smallest absolute Gasteiger partial charge is 0.251 e. The number of hydrazine groups is 1. The lowest BCUT2D eigenvalue weighted by Gasteiger charge is -2.31. The Labute approximate surface area is 110 Å². The highest BCUT2D eigenvalue weighted by atomic mass is 16.2. The van der Waals surface area contributed by atoms with Crippen molar-refractivity contribution in [1.82, 2.24) is 10.3 Å². The second kappa shape index (κ2) is 6.02. The molecule has 4 atom stereocenters. The van der Waals surface area contributed by atoms with Crippen molar-refractivity contribution in [2.75, 3.05) is 13.6 Å². The number of hydrogen-bond acceptors (Lipinski definition) is 3. The van der Waals surface area contributed by atoms with Gasteiger partial charge in [-0.1, -0.05) is 19.8 Å². The minimum Gasteiger partial charge on any atom is -0.295 e. The summed E-state index contributed by atoms with van der Waals surface area (Å²) in [5.41, 5.74) is 2.31. The number of fused-ring (bicyclic) bond motifs is 2. The van der Waals surface area contributed by atoms with Crippen LogP contribution in [0.4, 0.5) is 0 Å². The molecule has 0 aromatic rings. The van der Waals surface area contributed by atoms with Gasteiger partial charge >= 0.3 is 0 Å². The van der Waals surface area contributed by atoms with E-state index in [0.29, 0.717) is 0 Å². The van der Waals surface area contributed by atoms with E-state index in [9.17, 15) is 4.79 Å². The predicted octanol–water partition coefficient (Wildman–Crippen LogP) is 1.51. The highest BCUT2D eigenvalue weighted by Crippen LogP contribution is 2.48. The van der Waals surface area contributed by atoms with Crippen LogP contribution >= 0.6 is 0 Å². The van der Waals surface area contributed by atoms with Crippen LogP contribution in [0.3, 0.4) is 0 Å². The number of hydrogen-bond donors (Lipinski definition) is 2. The first-order chi connectivity index (χ1) is 8.65. The monoisotopic (exact) mass is 253 g/mol. The Bertz CT molecular complexity index is 295. The van der Waals surface area contributed by atoms with Crippen molar-refractivity contribution in [2.24, 2.45) is 23.6 Å². The van der Waals surface area contributed by atoms with Gasteiger partial charge in [-0.05, 0) is 50.5 Å². The lowest BCUT2D eigenvalue weighted by molar-refractivity contribution is -0.126. The van der Waals surface area contributed by atoms with Crippen molar-refractivity contribution in [2.45, 2.75) is 51.5 Å². The minimum absolute atomic E-state index is 0.0393. The second-order valence-corrected chi connectivity index (χ2v) is 6.19. The number of nitrogens with one attached hydrogen (secondary N) is 1. The number of likely N-dealkylation sites (N-methyl/N-ethyl adjacent to an activating group) is 1. The Morgan fingerprint density at radius 3 is 2.72 bits per heavy atom. The van der Waals surface area contributed by atoms with Crippen LogP contribution in [0.25, 0.3) is 0 Å². The minimum atomic E-state index is -0.0564. The van der Waals surface area contributed by atoms with Crippen molar-refractivity contribution in [3.8, 4) is 0 Å². The summed E-state index contributed by atoms with van der Waals surface area (Å²) in [6.07, 6.45) is 7.55. The summed E-state index contributed by atoms with van der Waals surface area (Å²) >= 11 is 0. The molecule has 2 bridgehead atoms. The summed E-state index contributed by atoms with van der Waals surface area (Å²) < 4.78 is 0. The number of nitrogens with two attached hydrogens (primary N) is 1. The van der Waals surface area contributed by atoms with Gasteiger partial charge in [0, 0.05) is 6.54 Å². The SMILES string of the molecule is CCCC(C(=O)NN)N(C)CC1CC2CCC1C2. The molecule has 3 N–H and O–H groups in total. The molecule has 1 amide bonds. The van der Waals surface area contributed by atoms with Crippen LogP contribution in [0.15, 0.2) is 0 Å². The molecule has 2 saturated carbocycles. The van der Waals surface area contributed by atoms with Gasteiger partial charge in [0.25, 0.3) is 5.91 Å². The first-order valence-corrected chi connectivity index (χ1v) is 7.36. The molecule has 0 aromatic heterocycles. The van der Waals surface area contributed by atoms with Gasteiger partial charge in [-0.25, -0.2) is 5.84 Å². The zero-order valence-electron chi connectivity index (χ0n) is 11.7. The maximum atomic E-state index is 11.8. The molecule has 0 spiro atoms. The van der Waals surface area contributed by atoms with Crippen LogP contribution in [-0.2, 0) is 4.79 Å². The van der Waals surface area contributed by atoms with Crippen LogP contribution in [0.2, 0.25) is 0 Å². The largest absolute Gasteiger partial charge is 0.295 e. The van der Waals surface area contributed by atoms with Gasteiger partial charge in [0.1, 0.15) is 0 Å². The summed E-state index contributed by atoms with van der Waals surface area (Å²) in [4.78, 5) is 14.0. The molecule has 18 heavy (non-hydrogen) atoms. The van der Waals surface area contributed by atoms with Crippen LogP contribution in [-0.4, -0.2) is 30.4 Å². The lowest BCUT2D eigenvalue weighted by atomic mass is 9.88. The molecule has 4 unspecified atom stereocenters. The van der Waals surface area contributed by atoms with E-state index in [4.69, 9.17) is 5.84 Å². The Morgan fingerprint density at radius 2 is 2.22 bits per heavy atom. The van der Waals surface area contributed by atoms with E-state index in [2.05, 4.69) is 24.3 Å². The van der Waals surface area contributed by atoms with Crippen LogP contribution < -0.4 is 11.3 Å². The van der Waals surface area contributed by atoms with Crippen molar-refractivity contribution in [1.29, 1.82) is 0 Å². The maximum Gasteiger partial charge on any atom is 0.251 e. The van der Waals surface area contributed by atoms with Gasteiger partial charge in [0.15, 0.2) is 0 Å². The number of carbonyl (C=O) groups is 1. The first kappa shape index (κ1) is 13.8. The third-order valence-electron chi connectivity index (χ3n) is 4.95. The molecule has 4 heteroatoms. The van der Waals surface area contributed by atoms with Crippen molar-refractivity contribution < 1.29 is 4.79 Å². The normalized spacial score (nSPS) is 31.9. The van der Waals surface area contributed by atoms with E-state index in [0.717, 1.165) is 37.1 Å². The van der Waals surface area contributed by atoms with Gasteiger partial charge in [0.2, 0.25) is 0 Å². The number of amides is 1. The summed E-state index contributed by atoms with van der Waals surface area (Å²) in [6.45, 7) is 3.17. The van der Waals surface area contributed by atoms with E-state index in [1.807, 2.05) is 0 Å². The Kier molecular flexibility index (Phi) is 4.62. The van der Waals surface area contributed by atoms with Gasteiger partial charge < -0.3 is 0 Å². The lowest BCUT2D eigenvalue weighted by Crippen LogP contribution is -2.49. The van der Waals surface area contributed by atoms with Gasteiger partial charge in [-0.15, -0.1) is 0 Å². The van der Waals surface area contributed by atoms with Gasteiger partial charge in [0.05, 0.1) is 6.04 Å². The molecule has 2 rings (SSSR count). The van der Waals surface area contributed by atoms with Crippen LogP contribution in [0.1, 0.15) is 45.4 Å². The Balaban J connectivity index is 1.88. The average molecular weight is 253 g/mol. The zero-order valence-corrected chi connectivity index (χ0v) is 11.7. The molecule has 104 valence electrons. The summed E-state index contributed by atoms with van der Waals surface area (Å²) in [7, 11) is 2.07. The molecular formula is C14H27N3O. The predicted molar refractivity (Wildman–Crippen MR) is 72.6 cm³/mol. The quantitative estimate of drug-likeness (QED) is 0.428. The summed E-state index contributed by atoms with van der Waals surface area (Å²) in [5, 5.41) is 0. The molecule has 0 saturated heterocycles. The molecule has 0 heterocycles. The molecule has 0 aromatic carbocycles. The fourth-order valence-corrected chi connectivity index (χ4v) is 4.02. The highest BCUT2D eigenvalue weighted by molar-refractivity contribution is 5.81. The molecule has 2 fully saturated rings. The van der Waals surface area contributed by atoms with Crippen molar-refractivity contribution >= 4 is 5.91 Å². The van der Waals surface area contributed by atoms with Gasteiger partial charge in [-0.3, -0.25) is 15.1 Å². The third kappa shape index (κ3) is 2.86. The number of nitrogens with zero attached hydrogens (tertiary/aromatic N) is 1. The standard InChI is InChI=1S/C14H27N3O/c1-3-4-13(14(18)16-15)17(2)9-12-8-10-5-6-11(12)7-10/h10-13H,3-9,15H2,1-2H3,(H,16,18). The summed E-state index contributed by atoms with van der Waals surface area (Å²) in [6, 6.07) is -0.0564. The first-order valence-electron chi connectivity index (χ1n) is 7.36. The third-order valence-corrected chi connectivity index (χ3v) is 4.95. The Hall–Kier alpha value is -0.610. The van der Waals surface area contributed by atoms with Crippen LogP contribution in [0, 0.1) is 17.8 Å². The van der Waals surface area contributed by atoms with E-state index in [1.54, 1.807) is 0 Å². The number of rotatable bonds is 6. The van der Waals surface area contributed by atoms with Crippen molar-refractivity contribution in [3.63, 3.8) is 0 Å². The number of carbonyl (C=O) groups excluding carboxylic acids is 1. The maximum absolute atomic E-state index is 11.8. The van der Waals surface area contributed by atoms with E-state index < -0.39 is 0 Å². The molecule has 0 aliphatic heterocycles. The molecule has 0 radical (unpaired) electrons. The average Bonchev–Trinajstić information content (AvgIpc) is 2.97. The van der Waals surface area contributed by atoms with Crippen molar-refractivity contribution in [3.05, 3.63) is 0 Å². The van der Waals surface area contributed by atoms with Gasteiger partial charge in [-0.2, -0.15) is 0 Å². The highest BCUT2D eigenvalue weighted by Gasteiger charge is 2.40. The van der Waals surface area contributed by atoms with E-state index >= 15 is 0 Å². The summed E-state index contributed by atoms with van der Waals surface area (Å²) in [5.74, 6) is 7.94. The molecular weight excluding hydrogens is 226 g/mol. The fraction of sp³-hybridized carbons (Fsp3) is 0.929. The molecule has 4 nitrogen and oxygen atoms in total. The molecule has 2 aliphatic carbocycles. The zero-order chi connectivity index (χ0) is 13.1. The van der Waals surface area contributed by atoms with E-state index in [-0.39, 0.29) is 11.9 Å². The second-order valence-electron chi connectivity index (χ2n) is 6.19. The molecule has 2 aliphatic rings. The van der Waals surface area contributed by atoms with E-state index in [1.165, 1.54) is 25.7 Å². The topological polar surface area (TPSA) is 58.4 Å². The van der Waals surface area contributed by atoms with Crippen LogP contribution in [0.5, 0.6) is 0 Å². The fourth-order valence-electron chi connectivity index (χ4n) is 4.02.